The fourth-order valence-corrected chi connectivity index (χ4v) is 2.80. The van der Waals surface area contributed by atoms with E-state index in [1.54, 1.807) is 6.26 Å². The van der Waals surface area contributed by atoms with Gasteiger partial charge >= 0.3 is 0 Å². The number of nitrogens with zero attached hydrogens (tertiary/aromatic N) is 2. The molecule has 3 aromatic rings. The van der Waals surface area contributed by atoms with E-state index in [1.807, 2.05) is 30.5 Å². The summed E-state index contributed by atoms with van der Waals surface area (Å²) in [5.41, 5.74) is 8.84. The number of para-hydroxylation sites is 1. The van der Waals surface area contributed by atoms with Gasteiger partial charge < -0.3 is 15.1 Å². The van der Waals surface area contributed by atoms with Crippen LogP contribution in [0.5, 0.6) is 0 Å². The van der Waals surface area contributed by atoms with Gasteiger partial charge in [-0.2, -0.15) is 0 Å². The van der Waals surface area contributed by atoms with Gasteiger partial charge in [-0.05, 0) is 37.1 Å². The lowest BCUT2D eigenvalue weighted by atomic mass is 10.1. The molecule has 106 valence electrons. The van der Waals surface area contributed by atoms with Crippen LogP contribution in [-0.4, -0.2) is 11.0 Å². The molecule has 0 amide bonds. The molecule has 21 heavy (non-hydrogen) atoms. The average molecular weight is 279 g/mol. The Kier molecular flexibility index (Phi) is 2.81. The summed E-state index contributed by atoms with van der Waals surface area (Å²) in [4.78, 5) is 6.83. The van der Waals surface area contributed by atoms with Crippen molar-refractivity contribution in [2.24, 2.45) is 0 Å². The minimum atomic E-state index is 0.585. The minimum Gasteiger partial charge on any atom is -0.467 e. The molecule has 2 N–H and O–H groups in total. The lowest BCUT2D eigenvalue weighted by Gasteiger charge is -2.25. The summed E-state index contributed by atoms with van der Waals surface area (Å²) < 4.78 is 5.52. The zero-order chi connectivity index (χ0) is 14.2. The van der Waals surface area contributed by atoms with Crippen LogP contribution in [0.1, 0.15) is 18.6 Å². The lowest BCUT2D eigenvalue weighted by molar-refractivity contribution is 0.501. The summed E-state index contributed by atoms with van der Waals surface area (Å²) in [6.07, 6.45) is 6.02. The largest absolute Gasteiger partial charge is 0.467 e. The Morgan fingerprint density at radius 3 is 2.86 bits per heavy atom. The van der Waals surface area contributed by atoms with Crippen LogP contribution in [-0.2, 0) is 6.54 Å². The van der Waals surface area contributed by atoms with Crippen molar-refractivity contribution in [3.05, 3.63) is 54.6 Å². The molecule has 1 aromatic carbocycles. The number of hydrogen-bond donors (Lipinski definition) is 1. The van der Waals surface area contributed by atoms with Gasteiger partial charge in [0, 0.05) is 23.3 Å². The van der Waals surface area contributed by atoms with E-state index in [9.17, 15) is 0 Å². The van der Waals surface area contributed by atoms with Crippen LogP contribution in [0.4, 0.5) is 11.4 Å². The van der Waals surface area contributed by atoms with E-state index in [-0.39, 0.29) is 0 Å². The second-order valence-electron chi connectivity index (χ2n) is 5.51. The van der Waals surface area contributed by atoms with Crippen LogP contribution < -0.4 is 10.6 Å². The van der Waals surface area contributed by atoms with E-state index in [1.165, 1.54) is 18.5 Å². The maximum atomic E-state index is 6.05. The first-order chi connectivity index (χ1) is 10.3. The third-order valence-corrected chi connectivity index (χ3v) is 3.98. The van der Waals surface area contributed by atoms with Gasteiger partial charge in [0.05, 0.1) is 24.0 Å². The maximum Gasteiger partial charge on any atom is 0.123 e. The van der Waals surface area contributed by atoms with Crippen molar-refractivity contribution >= 4 is 22.3 Å². The third kappa shape index (κ3) is 2.23. The molecular weight excluding hydrogens is 262 g/mol. The highest BCUT2D eigenvalue weighted by atomic mass is 16.3. The van der Waals surface area contributed by atoms with Gasteiger partial charge in [-0.3, -0.25) is 4.98 Å². The van der Waals surface area contributed by atoms with E-state index < -0.39 is 0 Å². The third-order valence-electron chi connectivity index (χ3n) is 3.98. The summed E-state index contributed by atoms with van der Waals surface area (Å²) >= 11 is 0. The number of anilines is 2. The number of rotatable bonds is 4. The highest BCUT2D eigenvalue weighted by Gasteiger charge is 2.30. The van der Waals surface area contributed by atoms with E-state index in [0.29, 0.717) is 6.04 Å². The maximum absolute atomic E-state index is 6.05. The standard InChI is InChI=1S/C17H17N3O/c18-15-5-1-4-14-16(8-9-19-17(14)15)20(12-6-7-12)11-13-3-2-10-21-13/h1-5,8-10,12H,6-7,11,18H2. The van der Waals surface area contributed by atoms with Gasteiger partial charge in [0.2, 0.25) is 0 Å². The highest BCUT2D eigenvalue weighted by molar-refractivity contribution is 5.98. The monoisotopic (exact) mass is 279 g/mol. The fraction of sp³-hybridized carbons (Fsp3) is 0.235. The van der Waals surface area contributed by atoms with Crippen LogP contribution in [0.2, 0.25) is 0 Å². The quantitative estimate of drug-likeness (QED) is 0.742. The number of fused-ring (bicyclic) bond motifs is 1. The normalized spacial score (nSPS) is 14.5. The van der Waals surface area contributed by atoms with Crippen molar-refractivity contribution in [2.45, 2.75) is 25.4 Å². The second-order valence-corrected chi connectivity index (χ2v) is 5.51. The number of nitrogens with two attached hydrogens (primary N) is 1. The first kappa shape index (κ1) is 12.3. The van der Waals surface area contributed by atoms with Crippen molar-refractivity contribution in [3.63, 3.8) is 0 Å². The van der Waals surface area contributed by atoms with Gasteiger partial charge in [-0.1, -0.05) is 12.1 Å². The second kappa shape index (κ2) is 4.81. The summed E-state index contributed by atoms with van der Waals surface area (Å²) in [5, 5.41) is 1.11. The first-order valence-corrected chi connectivity index (χ1v) is 7.25. The van der Waals surface area contributed by atoms with E-state index in [0.717, 1.165) is 28.9 Å². The minimum absolute atomic E-state index is 0.585. The van der Waals surface area contributed by atoms with Crippen molar-refractivity contribution in [1.29, 1.82) is 0 Å². The Bertz CT molecular complexity index is 763. The number of hydrogen-bond acceptors (Lipinski definition) is 4. The smallest absolute Gasteiger partial charge is 0.123 e. The number of benzene rings is 1. The van der Waals surface area contributed by atoms with Crippen LogP contribution in [0.3, 0.4) is 0 Å². The van der Waals surface area contributed by atoms with Gasteiger partial charge in [0.15, 0.2) is 0 Å². The Morgan fingerprint density at radius 1 is 1.19 bits per heavy atom. The predicted molar refractivity (Wildman–Crippen MR) is 84.1 cm³/mol. The van der Waals surface area contributed by atoms with Gasteiger partial charge in [0.1, 0.15) is 5.76 Å². The topological polar surface area (TPSA) is 55.3 Å². The van der Waals surface area contributed by atoms with Crippen LogP contribution in [0, 0.1) is 0 Å². The molecule has 0 bridgehead atoms. The number of nitrogen functional groups attached to an aromatic ring is 1. The molecule has 0 atom stereocenters. The van der Waals surface area contributed by atoms with E-state index in [2.05, 4.69) is 22.0 Å². The molecular formula is C17H17N3O. The van der Waals surface area contributed by atoms with Crippen LogP contribution in [0.25, 0.3) is 10.9 Å². The molecule has 2 aromatic heterocycles. The van der Waals surface area contributed by atoms with Crippen molar-refractivity contribution in [1.82, 2.24) is 4.98 Å². The summed E-state index contributed by atoms with van der Waals surface area (Å²) in [7, 11) is 0. The van der Waals surface area contributed by atoms with Crippen molar-refractivity contribution in [3.8, 4) is 0 Å². The fourth-order valence-electron chi connectivity index (χ4n) is 2.80. The van der Waals surface area contributed by atoms with Gasteiger partial charge in [-0.15, -0.1) is 0 Å². The molecule has 4 nitrogen and oxygen atoms in total. The first-order valence-electron chi connectivity index (χ1n) is 7.25. The lowest BCUT2D eigenvalue weighted by Crippen LogP contribution is -2.25. The van der Waals surface area contributed by atoms with Crippen LogP contribution in [0.15, 0.2) is 53.3 Å². The van der Waals surface area contributed by atoms with Crippen molar-refractivity contribution < 1.29 is 4.42 Å². The molecule has 2 heterocycles. The molecule has 1 saturated carbocycles. The Balaban J connectivity index is 1.81. The van der Waals surface area contributed by atoms with E-state index in [4.69, 9.17) is 10.2 Å². The summed E-state index contributed by atoms with van der Waals surface area (Å²) in [6, 6.07) is 12.6. The SMILES string of the molecule is Nc1cccc2c(N(Cc3ccco3)C3CC3)ccnc12. The molecule has 1 aliphatic rings. The van der Waals surface area contributed by atoms with Gasteiger partial charge in [0.25, 0.3) is 0 Å². The zero-order valence-corrected chi connectivity index (χ0v) is 11.7. The Hall–Kier alpha value is -2.49. The molecule has 0 saturated heterocycles. The molecule has 1 aliphatic carbocycles. The summed E-state index contributed by atoms with van der Waals surface area (Å²) in [6.45, 7) is 0.783. The summed E-state index contributed by atoms with van der Waals surface area (Å²) in [5.74, 6) is 0.982. The zero-order valence-electron chi connectivity index (χ0n) is 11.7. The Labute approximate surface area is 123 Å². The van der Waals surface area contributed by atoms with Crippen LogP contribution >= 0.6 is 0 Å². The van der Waals surface area contributed by atoms with Gasteiger partial charge in [-0.25, -0.2) is 0 Å². The van der Waals surface area contributed by atoms with E-state index >= 15 is 0 Å². The average Bonchev–Trinajstić information content (AvgIpc) is 3.22. The molecule has 4 rings (SSSR count). The molecule has 0 spiro atoms. The number of pyridine rings is 1. The molecule has 4 heteroatoms. The van der Waals surface area contributed by atoms with Crippen molar-refractivity contribution in [2.75, 3.05) is 10.6 Å². The molecule has 0 aliphatic heterocycles. The molecule has 0 unspecified atom stereocenters. The highest BCUT2D eigenvalue weighted by Crippen LogP contribution is 2.37. The Morgan fingerprint density at radius 2 is 2.10 bits per heavy atom. The number of furan rings is 1. The molecule has 1 fully saturated rings. The predicted octanol–water partition coefficient (Wildman–Crippen LogP) is 3.58. The number of aromatic nitrogens is 1. The molecule has 0 radical (unpaired) electrons.